The first-order valence-corrected chi connectivity index (χ1v) is 9.67. The van der Waals surface area contributed by atoms with E-state index in [1.807, 2.05) is 0 Å². The van der Waals surface area contributed by atoms with Crippen LogP contribution in [-0.4, -0.2) is 12.9 Å². The Hall–Kier alpha value is -2.43. The molecule has 0 radical (unpaired) electrons. The summed E-state index contributed by atoms with van der Waals surface area (Å²) in [5.74, 6) is 0.659. The highest BCUT2D eigenvalue weighted by Crippen LogP contribution is 2.38. The first kappa shape index (κ1) is 16.7. The molecule has 6 aliphatic rings. The van der Waals surface area contributed by atoms with E-state index < -0.39 is 7.11 Å². The van der Waals surface area contributed by atoms with Gasteiger partial charge < -0.3 is 17.6 Å². The van der Waals surface area contributed by atoms with Gasteiger partial charge in [-0.3, -0.25) is 0 Å². The van der Waals surface area contributed by atoms with Gasteiger partial charge in [-0.1, -0.05) is 36.4 Å². The molecule has 0 aromatic heterocycles. The second kappa shape index (κ2) is 6.05. The van der Waals surface area contributed by atoms with Crippen LogP contribution in [0, 0.1) is 0 Å². The lowest BCUT2D eigenvalue weighted by atomic mass is 9.78. The molecule has 5 aliphatic carbocycles. The number of benzene rings is 2. The summed E-state index contributed by atoms with van der Waals surface area (Å²) >= 11 is 0. The van der Waals surface area contributed by atoms with Gasteiger partial charge in [-0.05, 0) is 73.3 Å². The van der Waals surface area contributed by atoms with Gasteiger partial charge >= 0.3 is 7.11 Å². The largest absolute Gasteiger partial charge is 0.994 e. The molecule has 4 bridgehead atoms. The Labute approximate surface area is 157 Å². The second-order valence-corrected chi connectivity index (χ2v) is 7.69. The van der Waals surface area contributed by atoms with Crippen LogP contribution < -0.4 is 0 Å². The minimum atomic E-state index is -4.30. The first-order valence-electron chi connectivity index (χ1n) is 9.67. The Morgan fingerprint density at radius 2 is 1.44 bits per heavy atom. The monoisotopic (exact) mass is 366 g/mol. The van der Waals surface area contributed by atoms with Crippen molar-refractivity contribution < 1.29 is 17.6 Å². The summed E-state index contributed by atoms with van der Waals surface area (Å²) in [5, 5.41) is 0. The maximum absolute atomic E-state index is 14.1. The molecule has 5 heteroatoms. The zero-order valence-electron chi connectivity index (χ0n) is 15.4. The highest BCUT2D eigenvalue weighted by Gasteiger charge is 2.55. The fraction of sp³-hybridized carbons (Fsp3) is 0.318. The van der Waals surface area contributed by atoms with E-state index in [9.17, 15) is 8.63 Å². The van der Waals surface area contributed by atoms with Gasteiger partial charge in [0.2, 0.25) is 0 Å². The van der Waals surface area contributed by atoms with Gasteiger partial charge in [-0.15, -0.1) is 0 Å². The van der Waals surface area contributed by atoms with Crippen molar-refractivity contribution in [1.29, 1.82) is 0 Å². The summed E-state index contributed by atoms with van der Waals surface area (Å²) in [5.41, 5.74) is 7.79. The zero-order chi connectivity index (χ0) is 18.6. The van der Waals surface area contributed by atoms with Crippen LogP contribution in [0.3, 0.4) is 0 Å². The Morgan fingerprint density at radius 1 is 0.815 bits per heavy atom. The topological polar surface area (TPSA) is 20.5 Å². The summed E-state index contributed by atoms with van der Waals surface area (Å²) in [6, 6.07) is 13.1. The van der Waals surface area contributed by atoms with Gasteiger partial charge in [0.15, 0.2) is 0 Å². The Balaban J connectivity index is 1.69. The summed E-state index contributed by atoms with van der Waals surface area (Å²) in [4.78, 5) is 0. The molecule has 1 heterocycles. The number of halogens is 2. The third kappa shape index (κ3) is 2.89. The summed E-state index contributed by atoms with van der Waals surface area (Å²) in [6.07, 6.45) is 5.08. The van der Waals surface area contributed by atoms with Crippen molar-refractivity contribution in [2.75, 3.05) is 0 Å². The summed E-state index contributed by atoms with van der Waals surface area (Å²) in [7, 11) is -4.30. The van der Waals surface area contributed by atoms with Crippen molar-refractivity contribution in [3.63, 3.8) is 0 Å². The van der Waals surface area contributed by atoms with Gasteiger partial charge in [-0.25, -0.2) is 0 Å². The van der Waals surface area contributed by atoms with E-state index in [1.54, 1.807) is 6.92 Å². The molecule has 27 heavy (non-hydrogen) atoms. The minimum Gasteiger partial charge on any atom is -0.572 e. The number of rotatable bonds is 0. The SMILES string of the molecule is CC1=C2CCc3c4ccc(c3C2=[O+][B-](F)(F)O1)CCc1ccc(cc1)CC4. The molecule has 0 atom stereocenters. The molecule has 138 valence electrons. The lowest BCUT2D eigenvalue weighted by Gasteiger charge is -2.28. The van der Waals surface area contributed by atoms with Crippen LogP contribution in [0.25, 0.3) is 0 Å². The molecule has 0 saturated heterocycles. The molecule has 1 aliphatic heterocycles. The number of hydrogen-bond donors (Lipinski definition) is 0. The number of allylic oxidation sites excluding steroid dienone is 2. The molecule has 2 aromatic rings. The van der Waals surface area contributed by atoms with Crippen LogP contribution in [0.1, 0.15) is 51.1 Å². The van der Waals surface area contributed by atoms with Crippen molar-refractivity contribution in [3.05, 3.63) is 81.1 Å². The lowest BCUT2D eigenvalue weighted by Crippen LogP contribution is -2.35. The van der Waals surface area contributed by atoms with Crippen LogP contribution in [-0.2, 0) is 36.8 Å². The van der Waals surface area contributed by atoms with E-state index in [0.29, 0.717) is 18.0 Å². The zero-order valence-corrected chi connectivity index (χ0v) is 15.4. The number of carbonyl (C=O) groups excluding carboxylic acids is 1. The second-order valence-electron chi connectivity index (χ2n) is 7.69. The number of ketones is 1. The fourth-order valence-electron chi connectivity index (χ4n) is 4.60. The van der Waals surface area contributed by atoms with Gasteiger partial charge in [0.05, 0.1) is 16.9 Å². The highest BCUT2D eigenvalue weighted by atomic mass is 19.3. The molecule has 0 spiro atoms. The molecule has 0 saturated carbocycles. The first-order chi connectivity index (χ1) is 13.0. The Bertz CT molecular complexity index is 990. The van der Waals surface area contributed by atoms with Gasteiger partial charge in [0.1, 0.15) is 0 Å². The van der Waals surface area contributed by atoms with Crippen molar-refractivity contribution in [2.24, 2.45) is 0 Å². The van der Waals surface area contributed by atoms with E-state index in [2.05, 4.69) is 36.4 Å². The number of fused-ring (bicyclic) bond motifs is 1. The van der Waals surface area contributed by atoms with Gasteiger partial charge in [0, 0.05) is 0 Å². The van der Waals surface area contributed by atoms with Gasteiger partial charge in [-0.2, -0.15) is 0 Å². The molecule has 0 fully saturated rings. The molecular formula is C22H21BF2O2. The van der Waals surface area contributed by atoms with E-state index in [4.69, 9.17) is 9.00 Å². The van der Waals surface area contributed by atoms with Crippen LogP contribution in [0.2, 0.25) is 0 Å². The molecule has 2 nitrogen and oxygen atoms in total. The average molecular weight is 366 g/mol. The smallest absolute Gasteiger partial charge is 0.572 e. The number of aryl methyl sites for hydroxylation is 4. The fourth-order valence-corrected chi connectivity index (χ4v) is 4.60. The normalized spacial score (nSPS) is 20.2. The van der Waals surface area contributed by atoms with E-state index in [0.717, 1.165) is 48.8 Å². The van der Waals surface area contributed by atoms with Crippen LogP contribution in [0.4, 0.5) is 8.63 Å². The molecule has 0 amide bonds. The quantitative estimate of drug-likeness (QED) is 0.479. The van der Waals surface area contributed by atoms with Gasteiger partial charge in [0.25, 0.3) is 5.78 Å². The highest BCUT2D eigenvalue weighted by molar-refractivity contribution is 6.51. The Kier molecular flexibility index (Phi) is 3.75. The van der Waals surface area contributed by atoms with E-state index in [1.165, 1.54) is 22.3 Å². The molecule has 0 unspecified atom stereocenters. The van der Waals surface area contributed by atoms with Crippen molar-refractivity contribution in [2.45, 2.75) is 45.4 Å². The summed E-state index contributed by atoms with van der Waals surface area (Å²) < 4.78 is 38.1. The van der Waals surface area contributed by atoms with E-state index >= 15 is 0 Å². The Morgan fingerprint density at radius 3 is 2.15 bits per heavy atom. The molecule has 2 aromatic carbocycles. The molecule has 8 rings (SSSR count). The van der Waals surface area contributed by atoms with E-state index in [-0.39, 0.29) is 0 Å². The average Bonchev–Trinajstić information content (AvgIpc) is 2.62. The predicted octanol–water partition coefficient (Wildman–Crippen LogP) is 4.91. The van der Waals surface area contributed by atoms with Crippen LogP contribution >= 0.6 is 0 Å². The third-order valence-corrected chi connectivity index (χ3v) is 6.01. The standard InChI is InChI=1S/C22H21BF2O2/c1-14-19-12-13-20-17-8-6-15-2-4-16(5-3-15)7-9-18(11-10-17)21(20)22(19)27-23(24,25)26-14/h2-5,10-11H,6-9,12-13H2,1H3. The van der Waals surface area contributed by atoms with Crippen LogP contribution in [0.5, 0.6) is 0 Å². The van der Waals surface area contributed by atoms with Crippen LogP contribution in [0.15, 0.2) is 47.7 Å². The lowest BCUT2D eigenvalue weighted by molar-refractivity contribution is -0.190. The third-order valence-electron chi connectivity index (χ3n) is 6.01. The van der Waals surface area contributed by atoms with Crippen molar-refractivity contribution >= 4 is 12.9 Å². The molecular weight excluding hydrogens is 345 g/mol. The minimum absolute atomic E-state index is 0.305. The maximum Gasteiger partial charge on any atom is 0.994 e. The maximum atomic E-state index is 14.1. The summed E-state index contributed by atoms with van der Waals surface area (Å²) in [6.45, 7) is 1.63. The van der Waals surface area contributed by atoms with Crippen molar-refractivity contribution in [3.8, 4) is 0 Å². The van der Waals surface area contributed by atoms with Crippen molar-refractivity contribution in [1.82, 2.24) is 0 Å². The number of hydrogen-bond acceptors (Lipinski definition) is 1. The molecule has 0 N–H and O–H groups in total. The predicted molar refractivity (Wildman–Crippen MR) is 102 cm³/mol.